The van der Waals surface area contributed by atoms with Crippen LogP contribution >= 0.6 is 0 Å². The Hall–Kier alpha value is -0.970. The lowest BCUT2D eigenvalue weighted by Gasteiger charge is -2.46. The maximum atomic E-state index is 11.1. The van der Waals surface area contributed by atoms with Crippen LogP contribution in [0.5, 0.6) is 0 Å². The van der Waals surface area contributed by atoms with Gasteiger partial charge in [-0.3, -0.25) is 4.79 Å². The highest BCUT2D eigenvalue weighted by molar-refractivity contribution is 5.68. The molecule has 35 heavy (non-hydrogen) atoms. The number of aliphatic hydroxyl groups is 6. The molecule has 0 aliphatic carbocycles. The Balaban J connectivity index is 1.77. The number of esters is 1. The van der Waals surface area contributed by atoms with Gasteiger partial charge in [-0.25, -0.2) is 0 Å². The van der Waals surface area contributed by atoms with Gasteiger partial charge >= 0.3 is 5.97 Å². The number of nitrogens with two attached hydrogens (primary N) is 1. The maximum absolute atomic E-state index is 11.1. The van der Waals surface area contributed by atoms with E-state index in [2.05, 4.69) is 4.74 Å². The first-order valence-corrected chi connectivity index (χ1v) is 12.1. The second-order valence-electron chi connectivity index (χ2n) is 8.91. The maximum Gasteiger partial charge on any atom is 0.305 e. The molecule has 2 fully saturated rings. The highest BCUT2D eigenvalue weighted by atomic mass is 16.7. The summed E-state index contributed by atoms with van der Waals surface area (Å²) in [5.74, 6) is -0.202. The molecule has 2 saturated heterocycles. The largest absolute Gasteiger partial charge is 0.469 e. The fourth-order valence-corrected chi connectivity index (χ4v) is 4.12. The number of carbonyl (C=O) groups excluding carboxylic acids is 1. The molecule has 0 bridgehead atoms. The van der Waals surface area contributed by atoms with Gasteiger partial charge in [0, 0.05) is 13.0 Å². The molecule has 0 aromatic carbocycles. The van der Waals surface area contributed by atoms with E-state index in [-0.39, 0.29) is 5.97 Å². The number of methoxy groups -OCH3 is 1. The van der Waals surface area contributed by atoms with Crippen molar-refractivity contribution in [3.63, 3.8) is 0 Å². The highest BCUT2D eigenvalue weighted by Gasteiger charge is 2.50. The molecule has 13 heteroatoms. The summed E-state index contributed by atoms with van der Waals surface area (Å²) in [5, 5.41) is 59.8. The number of hydrogen-bond acceptors (Lipinski definition) is 13. The molecule has 0 radical (unpaired) electrons. The lowest BCUT2D eigenvalue weighted by Crippen LogP contribution is -2.66. The second kappa shape index (κ2) is 15.3. The average Bonchev–Trinajstić information content (AvgIpc) is 2.86. The molecule has 0 unspecified atom stereocenters. The number of rotatable bonds is 14. The quantitative estimate of drug-likeness (QED) is 0.0950. The van der Waals surface area contributed by atoms with E-state index >= 15 is 0 Å². The van der Waals surface area contributed by atoms with E-state index in [0.29, 0.717) is 13.0 Å². The van der Waals surface area contributed by atoms with Gasteiger partial charge in [0.25, 0.3) is 0 Å². The Labute approximate surface area is 204 Å². The Morgan fingerprint density at radius 1 is 0.800 bits per heavy atom. The summed E-state index contributed by atoms with van der Waals surface area (Å²) in [7, 11) is 1.37. The Morgan fingerprint density at radius 3 is 2.03 bits per heavy atom. The van der Waals surface area contributed by atoms with Gasteiger partial charge in [0.15, 0.2) is 12.6 Å². The zero-order valence-corrected chi connectivity index (χ0v) is 20.1. The summed E-state index contributed by atoms with van der Waals surface area (Å²) in [6.07, 6.45) is -6.53. The third kappa shape index (κ3) is 8.54. The van der Waals surface area contributed by atoms with Crippen molar-refractivity contribution in [2.24, 2.45) is 5.73 Å². The van der Waals surface area contributed by atoms with Gasteiger partial charge in [-0.1, -0.05) is 25.7 Å². The molecule has 2 aliphatic rings. The predicted octanol–water partition coefficient (Wildman–Crippen LogP) is -2.50. The van der Waals surface area contributed by atoms with Crippen LogP contribution in [0.2, 0.25) is 0 Å². The van der Waals surface area contributed by atoms with Gasteiger partial charge < -0.3 is 60.1 Å². The van der Waals surface area contributed by atoms with Crippen molar-refractivity contribution >= 4 is 5.97 Å². The molecule has 0 aromatic heterocycles. The van der Waals surface area contributed by atoms with Gasteiger partial charge in [0.1, 0.15) is 42.7 Å². The highest BCUT2D eigenvalue weighted by Crippen LogP contribution is 2.29. The molecule has 2 heterocycles. The third-order valence-corrected chi connectivity index (χ3v) is 6.33. The molecule has 206 valence electrons. The van der Waals surface area contributed by atoms with Crippen molar-refractivity contribution in [2.75, 3.05) is 26.9 Å². The summed E-state index contributed by atoms with van der Waals surface area (Å²) < 4.78 is 26.8. The summed E-state index contributed by atoms with van der Waals surface area (Å²) in [6, 6.07) is -1.04. The zero-order chi connectivity index (χ0) is 26.0. The van der Waals surface area contributed by atoms with Crippen molar-refractivity contribution in [1.29, 1.82) is 0 Å². The molecule has 8 N–H and O–H groups in total. The van der Waals surface area contributed by atoms with Crippen LogP contribution in [-0.2, 0) is 28.5 Å². The standard InChI is InChI=1S/C22H41NO12/c1-31-14(26)8-6-4-2-3-5-7-9-32-21-15(23)17(28)20(13(11-25)34-21)35-22-19(30)18(29)16(27)12(10-24)33-22/h12-13,15-22,24-25,27-30H,2-11,23H2,1H3/t12-,13-,15+,16+,17-,18+,19-,20-,21+,22+/m1/s1. The van der Waals surface area contributed by atoms with E-state index in [9.17, 15) is 35.4 Å². The second-order valence-corrected chi connectivity index (χ2v) is 8.91. The van der Waals surface area contributed by atoms with E-state index in [1.54, 1.807) is 0 Å². The molecular weight excluding hydrogens is 470 g/mol. The smallest absolute Gasteiger partial charge is 0.305 e. The monoisotopic (exact) mass is 511 g/mol. The first-order chi connectivity index (χ1) is 16.7. The zero-order valence-electron chi connectivity index (χ0n) is 20.1. The van der Waals surface area contributed by atoms with Crippen LogP contribution in [0.4, 0.5) is 0 Å². The van der Waals surface area contributed by atoms with Gasteiger partial charge in [-0.15, -0.1) is 0 Å². The third-order valence-electron chi connectivity index (χ3n) is 6.33. The van der Waals surface area contributed by atoms with Crippen LogP contribution < -0.4 is 5.73 Å². The van der Waals surface area contributed by atoms with Crippen LogP contribution in [0, 0.1) is 0 Å². The molecule has 2 aliphatic heterocycles. The van der Waals surface area contributed by atoms with Crippen LogP contribution in [-0.4, -0.2) is 125 Å². The summed E-state index contributed by atoms with van der Waals surface area (Å²) in [6.45, 7) is -0.873. The van der Waals surface area contributed by atoms with Crippen LogP contribution in [0.1, 0.15) is 44.9 Å². The molecule has 13 nitrogen and oxygen atoms in total. The number of ether oxygens (including phenoxy) is 5. The number of carbonyl (C=O) groups is 1. The normalized spacial score (nSPS) is 37.8. The molecule has 0 saturated carbocycles. The van der Waals surface area contributed by atoms with Crippen molar-refractivity contribution in [2.45, 2.75) is 106 Å². The van der Waals surface area contributed by atoms with Crippen molar-refractivity contribution in [3.05, 3.63) is 0 Å². The molecule has 0 aromatic rings. The fourth-order valence-electron chi connectivity index (χ4n) is 4.12. The van der Waals surface area contributed by atoms with E-state index in [0.717, 1.165) is 38.5 Å². The first-order valence-electron chi connectivity index (χ1n) is 12.1. The molecule has 0 spiro atoms. The van der Waals surface area contributed by atoms with E-state index in [1.807, 2.05) is 0 Å². The van der Waals surface area contributed by atoms with E-state index in [4.69, 9.17) is 24.7 Å². The summed E-state index contributed by atoms with van der Waals surface area (Å²) in [5.41, 5.74) is 6.07. The minimum absolute atomic E-state index is 0.202. The van der Waals surface area contributed by atoms with E-state index in [1.165, 1.54) is 7.11 Å². The number of hydrogen-bond donors (Lipinski definition) is 7. The lowest BCUT2D eigenvalue weighted by atomic mass is 9.96. The van der Waals surface area contributed by atoms with Crippen molar-refractivity contribution in [3.8, 4) is 0 Å². The topological polar surface area (TPSA) is 211 Å². The predicted molar refractivity (Wildman–Crippen MR) is 119 cm³/mol. The number of aliphatic hydroxyl groups excluding tert-OH is 6. The average molecular weight is 512 g/mol. The Bertz CT molecular complexity index is 609. The van der Waals surface area contributed by atoms with Crippen LogP contribution in [0.25, 0.3) is 0 Å². The summed E-state index contributed by atoms with van der Waals surface area (Å²) in [4.78, 5) is 11.1. The van der Waals surface area contributed by atoms with Gasteiger partial charge in [-0.05, 0) is 12.8 Å². The lowest BCUT2D eigenvalue weighted by molar-refractivity contribution is -0.347. The fraction of sp³-hybridized carbons (Fsp3) is 0.955. The SMILES string of the molecule is COC(=O)CCCCCCCCO[C@H]1O[C@H](CO)[C@@H](O[C@@H]2O[C@H](CO)[C@H](O)[C@H](O)[C@H]2O)[C@H](O)[C@@H]1N. The number of unbranched alkanes of at least 4 members (excludes halogenated alkanes) is 5. The molecule has 0 amide bonds. The van der Waals surface area contributed by atoms with Gasteiger partial charge in [0.05, 0.1) is 26.4 Å². The molecular formula is C22H41NO12. The molecule has 10 atom stereocenters. The van der Waals surface area contributed by atoms with Gasteiger partial charge in [-0.2, -0.15) is 0 Å². The minimum Gasteiger partial charge on any atom is -0.469 e. The van der Waals surface area contributed by atoms with Crippen molar-refractivity contribution < 1.29 is 59.1 Å². The minimum atomic E-state index is -1.68. The van der Waals surface area contributed by atoms with Crippen LogP contribution in [0.15, 0.2) is 0 Å². The first kappa shape index (κ1) is 30.3. The Morgan fingerprint density at radius 2 is 1.40 bits per heavy atom. The Kier molecular flexibility index (Phi) is 13.2. The summed E-state index contributed by atoms with van der Waals surface area (Å²) >= 11 is 0. The molecule has 2 rings (SSSR count). The van der Waals surface area contributed by atoms with Crippen molar-refractivity contribution in [1.82, 2.24) is 0 Å². The van der Waals surface area contributed by atoms with Crippen LogP contribution in [0.3, 0.4) is 0 Å². The van der Waals surface area contributed by atoms with Gasteiger partial charge in [0.2, 0.25) is 0 Å². The van der Waals surface area contributed by atoms with E-state index < -0.39 is 74.6 Å².